The third-order valence-electron chi connectivity index (χ3n) is 5.40. The fourth-order valence-electron chi connectivity index (χ4n) is 3.83. The third kappa shape index (κ3) is 5.62. The zero-order valence-electron chi connectivity index (χ0n) is 18.5. The van der Waals surface area contributed by atoms with Crippen LogP contribution in [0, 0.1) is 13.8 Å². The number of thioether (sulfide) groups is 1. The van der Waals surface area contributed by atoms with Crippen LogP contribution in [-0.2, 0) is 5.75 Å². The van der Waals surface area contributed by atoms with Crippen LogP contribution >= 0.6 is 11.8 Å². The molecular formula is C24H28N6OS. The van der Waals surface area contributed by atoms with Crippen LogP contribution in [0.1, 0.15) is 59.7 Å². The molecule has 7 nitrogen and oxygen atoms in total. The fourth-order valence-corrected chi connectivity index (χ4v) is 4.77. The number of aromatic nitrogens is 5. The number of benzene rings is 1. The quantitative estimate of drug-likeness (QED) is 0.308. The van der Waals surface area contributed by atoms with Gasteiger partial charge in [-0.1, -0.05) is 46.8 Å². The van der Waals surface area contributed by atoms with E-state index in [0.717, 1.165) is 42.0 Å². The Morgan fingerprint density at radius 2 is 1.91 bits per heavy atom. The minimum atomic E-state index is -0.194. The molecule has 2 heterocycles. The van der Waals surface area contributed by atoms with E-state index in [4.69, 9.17) is 0 Å². The molecule has 0 bridgehead atoms. The van der Waals surface area contributed by atoms with Crippen LogP contribution in [0.15, 0.2) is 53.2 Å². The number of para-hydroxylation sites is 1. The molecular weight excluding hydrogens is 420 g/mol. The van der Waals surface area contributed by atoms with Gasteiger partial charge in [-0.25, -0.2) is 14.6 Å². The van der Waals surface area contributed by atoms with E-state index < -0.39 is 0 Å². The number of rotatable bonds is 8. The van der Waals surface area contributed by atoms with E-state index in [2.05, 4.69) is 31.7 Å². The molecule has 2 aromatic heterocycles. The Morgan fingerprint density at radius 3 is 2.62 bits per heavy atom. The van der Waals surface area contributed by atoms with Crippen molar-refractivity contribution < 1.29 is 4.79 Å². The van der Waals surface area contributed by atoms with Crippen molar-refractivity contribution in [3.05, 3.63) is 70.8 Å². The van der Waals surface area contributed by atoms with Crippen molar-refractivity contribution in [1.29, 1.82) is 0 Å². The Morgan fingerprint density at radius 1 is 1.12 bits per heavy atom. The molecule has 1 aliphatic rings. The fraction of sp³-hybridized carbons (Fsp3) is 0.375. The summed E-state index contributed by atoms with van der Waals surface area (Å²) in [7, 11) is 0. The monoisotopic (exact) mass is 448 g/mol. The van der Waals surface area contributed by atoms with Crippen LogP contribution in [0.3, 0.4) is 0 Å². The van der Waals surface area contributed by atoms with Gasteiger partial charge in [-0.15, -0.1) is 5.10 Å². The number of carbonyl (C=O) groups is 1. The first kappa shape index (κ1) is 22.2. The lowest BCUT2D eigenvalue weighted by atomic mass is 9.97. The van der Waals surface area contributed by atoms with Gasteiger partial charge in [-0.05, 0) is 64.2 Å². The Kier molecular flexibility index (Phi) is 7.32. The highest BCUT2D eigenvalue weighted by Gasteiger charge is 2.21. The highest BCUT2D eigenvalue weighted by molar-refractivity contribution is 7.98. The predicted molar refractivity (Wildman–Crippen MR) is 126 cm³/mol. The van der Waals surface area contributed by atoms with Crippen molar-refractivity contribution in [3.63, 3.8) is 0 Å². The number of amides is 1. The first-order chi connectivity index (χ1) is 15.6. The minimum Gasteiger partial charge on any atom is -0.350 e. The second-order valence-corrected chi connectivity index (χ2v) is 8.91. The highest BCUT2D eigenvalue weighted by atomic mass is 32.2. The molecule has 0 atom stereocenters. The molecule has 0 radical (unpaired) electrons. The molecule has 1 amide bonds. The van der Waals surface area contributed by atoms with E-state index in [9.17, 15) is 4.79 Å². The number of aryl methyl sites for hydroxylation is 2. The molecule has 1 N–H and O–H groups in total. The van der Waals surface area contributed by atoms with Gasteiger partial charge in [0.2, 0.25) is 0 Å². The standard InChI is InChI=1S/C24H28N6OS/c1-17-15-18(2)27-24(26-17)32-16-21-22(28-29-30(21)20-11-7-4-8-12-20)23(31)25-14-13-19-9-5-3-6-10-19/h4,7-9,11-12,15H,3,5-6,10,13-14,16H2,1-2H3,(H,25,31). The van der Waals surface area contributed by atoms with Crippen molar-refractivity contribution in [2.75, 3.05) is 6.54 Å². The number of hydrogen-bond donors (Lipinski definition) is 1. The molecule has 0 unspecified atom stereocenters. The van der Waals surface area contributed by atoms with Crippen molar-refractivity contribution in [2.45, 2.75) is 56.9 Å². The van der Waals surface area contributed by atoms with Crippen molar-refractivity contribution in [1.82, 2.24) is 30.3 Å². The summed E-state index contributed by atoms with van der Waals surface area (Å²) in [6.07, 6.45) is 8.00. The summed E-state index contributed by atoms with van der Waals surface area (Å²) >= 11 is 1.48. The molecule has 4 rings (SSSR count). The largest absolute Gasteiger partial charge is 0.350 e. The lowest BCUT2D eigenvalue weighted by Crippen LogP contribution is -2.26. The van der Waals surface area contributed by atoms with Crippen molar-refractivity contribution in [3.8, 4) is 5.69 Å². The maximum atomic E-state index is 13.0. The number of hydrogen-bond acceptors (Lipinski definition) is 6. The molecule has 0 spiro atoms. The molecule has 0 saturated heterocycles. The highest BCUT2D eigenvalue weighted by Crippen LogP contribution is 2.24. The van der Waals surface area contributed by atoms with E-state index in [0.29, 0.717) is 23.1 Å². The van der Waals surface area contributed by atoms with Crippen molar-refractivity contribution >= 4 is 17.7 Å². The second kappa shape index (κ2) is 10.5. The van der Waals surface area contributed by atoms with Gasteiger partial charge in [-0.3, -0.25) is 4.79 Å². The van der Waals surface area contributed by atoms with Crippen LogP contribution in [0.4, 0.5) is 0 Å². The number of nitrogens with zero attached hydrogens (tertiary/aromatic N) is 5. The van der Waals surface area contributed by atoms with Gasteiger partial charge in [-0.2, -0.15) is 0 Å². The van der Waals surface area contributed by atoms with Gasteiger partial charge < -0.3 is 5.32 Å². The van der Waals surface area contributed by atoms with Gasteiger partial charge in [0.1, 0.15) is 0 Å². The average molecular weight is 449 g/mol. The molecule has 0 fully saturated rings. The Bertz CT molecular complexity index is 1090. The molecule has 3 aromatic rings. The SMILES string of the molecule is Cc1cc(C)nc(SCc2c(C(=O)NCCC3=CCCCC3)nnn2-c2ccccc2)n1. The van der Waals surface area contributed by atoms with E-state index >= 15 is 0 Å². The molecule has 166 valence electrons. The molecule has 0 saturated carbocycles. The van der Waals surface area contributed by atoms with Crippen LogP contribution in [0.25, 0.3) is 5.69 Å². The van der Waals surface area contributed by atoms with Crippen LogP contribution in [-0.4, -0.2) is 37.4 Å². The predicted octanol–water partition coefficient (Wildman–Crippen LogP) is 4.59. The van der Waals surface area contributed by atoms with E-state index in [1.165, 1.54) is 30.2 Å². The van der Waals surface area contributed by atoms with E-state index in [1.807, 2.05) is 50.2 Å². The lowest BCUT2D eigenvalue weighted by molar-refractivity contribution is 0.0948. The summed E-state index contributed by atoms with van der Waals surface area (Å²) in [5.41, 5.74) is 5.23. The number of allylic oxidation sites excluding steroid dienone is 1. The summed E-state index contributed by atoms with van der Waals surface area (Å²) in [6.45, 7) is 4.51. The average Bonchev–Trinajstić information content (AvgIpc) is 3.22. The lowest BCUT2D eigenvalue weighted by Gasteiger charge is -2.13. The van der Waals surface area contributed by atoms with E-state index in [-0.39, 0.29) is 5.91 Å². The first-order valence-corrected chi connectivity index (χ1v) is 12.0. The molecule has 8 heteroatoms. The summed E-state index contributed by atoms with van der Waals surface area (Å²) < 4.78 is 1.73. The van der Waals surface area contributed by atoms with Crippen molar-refractivity contribution in [2.24, 2.45) is 0 Å². The van der Waals surface area contributed by atoms with Gasteiger partial charge in [0, 0.05) is 23.7 Å². The zero-order valence-corrected chi connectivity index (χ0v) is 19.4. The van der Waals surface area contributed by atoms with E-state index in [1.54, 1.807) is 4.68 Å². The molecule has 1 aromatic carbocycles. The van der Waals surface area contributed by atoms with Gasteiger partial charge in [0.25, 0.3) is 5.91 Å². The normalized spacial score (nSPS) is 13.6. The summed E-state index contributed by atoms with van der Waals surface area (Å²) in [5.74, 6) is 0.291. The zero-order chi connectivity index (χ0) is 22.3. The minimum absolute atomic E-state index is 0.194. The van der Waals surface area contributed by atoms with Gasteiger partial charge >= 0.3 is 0 Å². The topological polar surface area (TPSA) is 85.6 Å². The molecule has 32 heavy (non-hydrogen) atoms. The molecule has 0 aliphatic heterocycles. The van der Waals surface area contributed by atoms with Crippen LogP contribution in [0.5, 0.6) is 0 Å². The summed E-state index contributed by atoms with van der Waals surface area (Å²) in [4.78, 5) is 22.0. The maximum Gasteiger partial charge on any atom is 0.273 e. The summed E-state index contributed by atoms with van der Waals surface area (Å²) in [6, 6.07) is 11.7. The summed E-state index contributed by atoms with van der Waals surface area (Å²) in [5, 5.41) is 12.2. The van der Waals surface area contributed by atoms with Gasteiger partial charge in [0.15, 0.2) is 10.9 Å². The Labute approximate surface area is 192 Å². The third-order valence-corrected chi connectivity index (χ3v) is 6.25. The first-order valence-electron chi connectivity index (χ1n) is 11.0. The Balaban J connectivity index is 1.52. The smallest absolute Gasteiger partial charge is 0.273 e. The van der Waals surface area contributed by atoms with Crippen LogP contribution < -0.4 is 5.32 Å². The number of carbonyl (C=O) groups excluding carboxylic acids is 1. The molecule has 1 aliphatic carbocycles. The maximum absolute atomic E-state index is 13.0. The van der Waals surface area contributed by atoms with Crippen LogP contribution in [0.2, 0.25) is 0 Å². The second-order valence-electron chi connectivity index (χ2n) is 7.97. The number of nitrogens with one attached hydrogen (secondary N) is 1. The Hall–Kier alpha value is -3.00. The van der Waals surface area contributed by atoms with Gasteiger partial charge in [0.05, 0.1) is 11.4 Å².